The van der Waals surface area contributed by atoms with Crippen LogP contribution in [0, 0.1) is 23.7 Å². The zero-order valence-corrected chi connectivity index (χ0v) is 47.3. The summed E-state index contributed by atoms with van der Waals surface area (Å²) < 4.78 is 7.46. The highest BCUT2D eigenvalue weighted by Gasteiger charge is 2.56. The van der Waals surface area contributed by atoms with E-state index in [1.54, 1.807) is 11.1 Å². The lowest BCUT2D eigenvalue weighted by Gasteiger charge is -2.54. The highest BCUT2D eigenvalue weighted by atomic mass is 15.0. The van der Waals surface area contributed by atoms with Crippen molar-refractivity contribution in [2.45, 2.75) is 44.9 Å². The first-order valence-corrected chi connectivity index (χ1v) is 30.5. The molecule has 3 nitrogen and oxygen atoms in total. The topological polar surface area (TPSA) is 14.8 Å². The van der Waals surface area contributed by atoms with Crippen LogP contribution in [0.15, 0.2) is 261 Å². The lowest BCUT2D eigenvalue weighted by atomic mass is 9.49. The molecule has 3 heterocycles. The van der Waals surface area contributed by atoms with Gasteiger partial charge in [-0.05, 0) is 195 Å². The standard InChI is InChI=1S/C81H61N3/c1-50-40-52-42-51(2)81(61(41-50)43-52)73-21-11-8-18-65(73)66-35-28-57(45-74(66)81)58-29-38-71-72-39-34-64(49-80(72)83(78(71)46-58)62-16-4-3-5-17-62)84-76-23-13-10-20-68(76)70-37-31-60(48-79(70)84)59-30-36-69-67-19-9-12-22-75(67)82(77(69)47-59)63-32-26-54(27-33-63)56-25-24-53-14-6-7-15-55(53)44-56/h3-39,44-52,61H,40-43H2,1-2H3. The first-order chi connectivity index (χ1) is 41.4. The SMILES string of the molecule is CC1CC2CC(C)C3(c4ccccc4-c4ccc(-c5ccc6c7ccc(-n8c9ccccc9c9ccc(-c%10ccc%11c%12ccccc%12n(-c%12ccc(-c%13ccc%14ccccc%14c%13)cc%12)c%11c%10)cc98)cc7n(-c7ccccc7)c6c5)cc43)C(C1)C2. The van der Waals surface area contributed by atoms with Gasteiger partial charge in [0.05, 0.1) is 33.1 Å². The monoisotopic (exact) mass is 1080 g/mol. The number of nitrogens with zero attached hydrogens (tertiary/aromatic N) is 3. The van der Waals surface area contributed by atoms with Gasteiger partial charge in [0.1, 0.15) is 0 Å². The summed E-state index contributed by atoms with van der Waals surface area (Å²) >= 11 is 0. The van der Waals surface area contributed by atoms with E-state index < -0.39 is 0 Å². The number of rotatable bonds is 6. The smallest absolute Gasteiger partial charge is 0.0561 e. The van der Waals surface area contributed by atoms with Crippen LogP contribution < -0.4 is 0 Å². The molecule has 0 amide bonds. The molecule has 0 N–H and O–H groups in total. The largest absolute Gasteiger partial charge is 0.309 e. The van der Waals surface area contributed by atoms with E-state index in [2.05, 4.69) is 288 Å². The molecule has 2 saturated carbocycles. The molecule has 3 aromatic heterocycles. The van der Waals surface area contributed by atoms with Crippen molar-refractivity contribution in [1.82, 2.24) is 13.7 Å². The first kappa shape index (κ1) is 47.9. The van der Waals surface area contributed by atoms with Gasteiger partial charge in [0.2, 0.25) is 0 Å². The summed E-state index contributed by atoms with van der Waals surface area (Å²) in [6, 6.07) is 98.7. The van der Waals surface area contributed by atoms with Crippen molar-refractivity contribution in [1.29, 1.82) is 0 Å². The van der Waals surface area contributed by atoms with Crippen LogP contribution in [0.4, 0.5) is 0 Å². The van der Waals surface area contributed by atoms with Gasteiger partial charge in [-0.3, -0.25) is 0 Å². The van der Waals surface area contributed by atoms with Gasteiger partial charge in [-0.1, -0.05) is 196 Å². The van der Waals surface area contributed by atoms with Crippen LogP contribution >= 0.6 is 0 Å². The van der Waals surface area contributed by atoms with E-state index in [0.29, 0.717) is 11.8 Å². The van der Waals surface area contributed by atoms with Gasteiger partial charge in [-0.15, -0.1) is 0 Å². The fraction of sp³-hybridized carbons (Fsp3) is 0.136. The fourth-order valence-corrected chi connectivity index (χ4v) is 17.1. The fourth-order valence-electron chi connectivity index (χ4n) is 17.1. The van der Waals surface area contributed by atoms with Gasteiger partial charge in [0.25, 0.3) is 0 Å². The minimum absolute atomic E-state index is 0.0444. The van der Waals surface area contributed by atoms with Gasteiger partial charge in [0.15, 0.2) is 0 Å². The Morgan fingerprint density at radius 1 is 0.298 bits per heavy atom. The van der Waals surface area contributed by atoms with Crippen LogP contribution in [0.25, 0.3) is 138 Å². The third-order valence-electron chi connectivity index (χ3n) is 20.5. The molecule has 2 fully saturated rings. The van der Waals surface area contributed by atoms with Gasteiger partial charge in [-0.25, -0.2) is 0 Å². The Balaban J connectivity index is 0.769. The molecule has 12 aromatic carbocycles. The van der Waals surface area contributed by atoms with E-state index >= 15 is 0 Å². The van der Waals surface area contributed by atoms with E-state index in [1.807, 2.05) is 0 Å². The van der Waals surface area contributed by atoms with Crippen LogP contribution in [0.1, 0.15) is 50.7 Å². The van der Waals surface area contributed by atoms with E-state index in [9.17, 15) is 0 Å². The van der Waals surface area contributed by atoms with Crippen molar-refractivity contribution >= 4 is 76.2 Å². The molecule has 5 atom stereocenters. The number of para-hydroxylation sites is 3. The molecule has 0 aliphatic heterocycles. The van der Waals surface area contributed by atoms with E-state index in [4.69, 9.17) is 0 Å². The second-order valence-corrected chi connectivity index (χ2v) is 25.1. The average molecular weight is 1080 g/mol. The number of hydrogen-bond acceptors (Lipinski definition) is 0. The predicted octanol–water partition coefficient (Wildman–Crippen LogP) is 21.5. The quantitative estimate of drug-likeness (QED) is 0.158. The van der Waals surface area contributed by atoms with Crippen molar-refractivity contribution in [3.05, 3.63) is 272 Å². The zero-order valence-electron chi connectivity index (χ0n) is 47.3. The number of fused-ring (bicyclic) bond motifs is 18. The maximum atomic E-state index is 2.63. The first-order valence-electron chi connectivity index (χ1n) is 30.5. The van der Waals surface area contributed by atoms with Crippen molar-refractivity contribution in [2.75, 3.05) is 0 Å². The Bertz CT molecular complexity index is 5200. The van der Waals surface area contributed by atoms with Gasteiger partial charge in [-0.2, -0.15) is 0 Å². The van der Waals surface area contributed by atoms with Crippen molar-refractivity contribution < 1.29 is 0 Å². The molecule has 3 heteroatoms. The lowest BCUT2D eigenvalue weighted by Crippen LogP contribution is -2.49. The van der Waals surface area contributed by atoms with Crippen molar-refractivity contribution in [3.63, 3.8) is 0 Å². The molecule has 2 bridgehead atoms. The number of hydrogen-bond donors (Lipinski definition) is 0. The summed E-state index contributed by atoms with van der Waals surface area (Å²) in [5.41, 5.74) is 24.1. The summed E-state index contributed by atoms with van der Waals surface area (Å²) in [7, 11) is 0. The molecule has 0 saturated heterocycles. The predicted molar refractivity (Wildman–Crippen MR) is 353 cm³/mol. The Kier molecular flexibility index (Phi) is 10.3. The molecule has 400 valence electrons. The maximum absolute atomic E-state index is 2.63. The van der Waals surface area contributed by atoms with Gasteiger partial charge >= 0.3 is 0 Å². The molecule has 84 heavy (non-hydrogen) atoms. The second kappa shape index (κ2) is 18.1. The molecule has 15 aromatic rings. The second-order valence-electron chi connectivity index (χ2n) is 25.1. The van der Waals surface area contributed by atoms with Crippen molar-refractivity contribution in [2.24, 2.45) is 23.7 Å². The summed E-state index contributed by atoms with van der Waals surface area (Å²) in [5.74, 6) is 2.86. The Labute approximate surface area is 489 Å². The van der Waals surface area contributed by atoms with E-state index in [0.717, 1.165) is 28.9 Å². The van der Waals surface area contributed by atoms with Gasteiger partial charge in [0, 0.05) is 54.8 Å². The van der Waals surface area contributed by atoms with Crippen LogP contribution in [0.3, 0.4) is 0 Å². The molecule has 5 unspecified atom stereocenters. The summed E-state index contributed by atoms with van der Waals surface area (Å²) in [4.78, 5) is 0. The Morgan fingerprint density at radius 2 is 0.762 bits per heavy atom. The van der Waals surface area contributed by atoms with Crippen LogP contribution in [-0.4, -0.2) is 13.7 Å². The lowest BCUT2D eigenvalue weighted by molar-refractivity contribution is 0.0426. The Morgan fingerprint density at radius 3 is 1.45 bits per heavy atom. The summed E-state index contributed by atoms with van der Waals surface area (Å²) in [6.45, 7) is 5.10. The summed E-state index contributed by atoms with van der Waals surface area (Å²) in [6.07, 6.45) is 5.36. The normalized spacial score (nSPS) is 19.2. The molecule has 1 spiro atoms. The molecule has 18 rings (SSSR count). The van der Waals surface area contributed by atoms with E-state index in [-0.39, 0.29) is 5.41 Å². The highest BCUT2D eigenvalue weighted by molar-refractivity contribution is 6.14. The van der Waals surface area contributed by atoms with Gasteiger partial charge < -0.3 is 13.7 Å². The van der Waals surface area contributed by atoms with Crippen LogP contribution in [-0.2, 0) is 5.41 Å². The third-order valence-corrected chi connectivity index (χ3v) is 20.5. The molecular formula is C81H61N3. The minimum atomic E-state index is 0.0444. The molecule has 3 aliphatic rings. The minimum Gasteiger partial charge on any atom is -0.309 e. The number of aromatic nitrogens is 3. The number of benzene rings is 12. The third kappa shape index (κ3) is 6.93. The highest BCUT2D eigenvalue weighted by Crippen LogP contribution is 2.65. The van der Waals surface area contributed by atoms with Crippen molar-refractivity contribution in [3.8, 4) is 61.6 Å². The van der Waals surface area contributed by atoms with Crippen LogP contribution in [0.5, 0.6) is 0 Å². The maximum Gasteiger partial charge on any atom is 0.0561 e. The Hall–Kier alpha value is -9.70. The van der Waals surface area contributed by atoms with E-state index in [1.165, 1.54) is 146 Å². The zero-order chi connectivity index (χ0) is 55.4. The summed E-state index contributed by atoms with van der Waals surface area (Å²) in [5, 5.41) is 10.0. The average Bonchev–Trinajstić information content (AvgIpc) is 1.62. The molecule has 3 aliphatic carbocycles. The molecule has 0 radical (unpaired) electrons. The molecular weight excluding hydrogens is 1010 g/mol. The van der Waals surface area contributed by atoms with Crippen LogP contribution in [0.2, 0.25) is 0 Å².